The molecule has 132 valence electrons. The summed E-state index contributed by atoms with van der Waals surface area (Å²) in [7, 11) is 0. The first-order valence-corrected chi connectivity index (χ1v) is 7.29. The lowest BCUT2D eigenvalue weighted by atomic mass is 9.98. The fraction of sp³-hybridized carbons (Fsp3) is 0.571. The van der Waals surface area contributed by atoms with Gasteiger partial charge < -0.3 is 5.32 Å². The Morgan fingerprint density at radius 2 is 1.83 bits per heavy atom. The zero-order valence-electron chi connectivity index (χ0n) is 12.1. The van der Waals surface area contributed by atoms with E-state index in [9.17, 15) is 22.0 Å². The molecule has 1 aromatic carbocycles. The van der Waals surface area contributed by atoms with E-state index in [2.05, 4.69) is 5.32 Å². The molecule has 1 heterocycles. The molecular weight excluding hydrogens is 362 g/mol. The van der Waals surface area contributed by atoms with Gasteiger partial charge in [-0.3, -0.25) is 9.29 Å². The molecule has 1 saturated heterocycles. The van der Waals surface area contributed by atoms with Crippen molar-refractivity contribution in [3.63, 3.8) is 0 Å². The Balaban J connectivity index is 0.00000264. The maximum absolute atomic E-state index is 14.2. The molecule has 0 amide bonds. The van der Waals surface area contributed by atoms with Gasteiger partial charge in [-0.05, 0) is 18.6 Å². The second kappa shape index (κ2) is 8.46. The molecule has 1 atom stereocenters. The number of halogens is 7. The molecule has 0 aliphatic carbocycles. The summed E-state index contributed by atoms with van der Waals surface area (Å²) in [5.41, 5.74) is -1.22. The van der Waals surface area contributed by atoms with Crippen LogP contribution in [-0.4, -0.2) is 37.8 Å². The predicted octanol–water partition coefficient (Wildman–Crippen LogP) is 4.23. The van der Waals surface area contributed by atoms with Crippen molar-refractivity contribution < 1.29 is 22.0 Å². The van der Waals surface area contributed by atoms with Crippen LogP contribution in [0.3, 0.4) is 0 Å². The van der Waals surface area contributed by atoms with Gasteiger partial charge in [-0.1, -0.05) is 11.6 Å². The average Bonchev–Trinajstić information content (AvgIpc) is 2.47. The van der Waals surface area contributed by atoms with Gasteiger partial charge in [0.1, 0.15) is 5.82 Å². The van der Waals surface area contributed by atoms with Gasteiger partial charge in [-0.15, -0.1) is 12.4 Å². The van der Waals surface area contributed by atoms with Gasteiger partial charge in [-0.2, -0.15) is 13.2 Å². The molecule has 1 aliphatic rings. The highest BCUT2D eigenvalue weighted by Gasteiger charge is 2.34. The van der Waals surface area contributed by atoms with E-state index < -0.39 is 35.3 Å². The van der Waals surface area contributed by atoms with E-state index in [1.165, 1.54) is 0 Å². The molecule has 0 aromatic heterocycles. The van der Waals surface area contributed by atoms with Crippen molar-refractivity contribution in [1.29, 1.82) is 0 Å². The van der Waals surface area contributed by atoms with Gasteiger partial charge in [0.05, 0.1) is 17.3 Å². The van der Waals surface area contributed by atoms with Crippen LogP contribution in [0.2, 0.25) is 5.02 Å². The van der Waals surface area contributed by atoms with E-state index in [4.69, 9.17) is 11.6 Å². The standard InChI is InChI=1S/C14H16ClF5N2.ClH/c15-11-8-9(14(18,19)20)7-10(13(11)17)12(1-2-16)22-5-3-21-4-6-22;/h7-8,12,21H,1-6H2;1H/t12-;/m0./s1. The normalized spacial score (nSPS) is 17.7. The van der Waals surface area contributed by atoms with Crippen LogP contribution in [0.25, 0.3) is 0 Å². The topological polar surface area (TPSA) is 15.3 Å². The number of hydrogen-bond donors (Lipinski definition) is 1. The third-order valence-corrected chi connectivity index (χ3v) is 3.99. The van der Waals surface area contributed by atoms with Crippen LogP contribution < -0.4 is 5.32 Å². The predicted molar refractivity (Wildman–Crippen MR) is 81.4 cm³/mol. The first-order valence-electron chi connectivity index (χ1n) is 6.91. The lowest BCUT2D eigenvalue weighted by Crippen LogP contribution is -2.45. The Kier molecular flexibility index (Phi) is 7.51. The van der Waals surface area contributed by atoms with Crippen molar-refractivity contribution >= 4 is 24.0 Å². The molecule has 1 fully saturated rings. The van der Waals surface area contributed by atoms with Crippen LogP contribution in [0.15, 0.2) is 12.1 Å². The summed E-state index contributed by atoms with van der Waals surface area (Å²) >= 11 is 5.61. The van der Waals surface area contributed by atoms with E-state index in [1.807, 2.05) is 0 Å². The second-order valence-corrected chi connectivity index (χ2v) is 5.55. The second-order valence-electron chi connectivity index (χ2n) is 5.14. The molecule has 2 nitrogen and oxygen atoms in total. The van der Waals surface area contributed by atoms with Crippen molar-refractivity contribution in [1.82, 2.24) is 10.2 Å². The summed E-state index contributed by atoms with van der Waals surface area (Å²) in [6, 6.07) is 0.542. The lowest BCUT2D eigenvalue weighted by molar-refractivity contribution is -0.137. The van der Waals surface area contributed by atoms with Crippen molar-refractivity contribution in [2.24, 2.45) is 0 Å². The summed E-state index contributed by atoms with van der Waals surface area (Å²) in [6.07, 6.45) is -4.70. The van der Waals surface area contributed by atoms with Crippen LogP contribution in [0.1, 0.15) is 23.6 Å². The fourth-order valence-electron chi connectivity index (χ4n) is 2.65. The highest BCUT2D eigenvalue weighted by atomic mass is 35.5. The van der Waals surface area contributed by atoms with Gasteiger partial charge in [0, 0.05) is 37.8 Å². The first kappa shape index (κ1) is 20.4. The molecular formula is C14H17Cl2F5N2. The van der Waals surface area contributed by atoms with Gasteiger partial charge in [0.25, 0.3) is 0 Å². The molecule has 1 aliphatic heterocycles. The summed E-state index contributed by atoms with van der Waals surface area (Å²) in [6.45, 7) is 1.52. The Hall–Kier alpha value is -0.630. The van der Waals surface area contributed by atoms with Crippen molar-refractivity contribution in [3.05, 3.63) is 34.1 Å². The molecule has 0 bridgehead atoms. The minimum absolute atomic E-state index is 0. The van der Waals surface area contributed by atoms with Gasteiger partial charge in [0.2, 0.25) is 0 Å². The lowest BCUT2D eigenvalue weighted by Gasteiger charge is -2.35. The number of benzene rings is 1. The number of hydrogen-bond acceptors (Lipinski definition) is 2. The monoisotopic (exact) mass is 378 g/mol. The van der Waals surface area contributed by atoms with Crippen LogP contribution in [0.4, 0.5) is 22.0 Å². The third-order valence-electron chi connectivity index (χ3n) is 3.72. The van der Waals surface area contributed by atoms with Gasteiger partial charge in [0.15, 0.2) is 0 Å². The van der Waals surface area contributed by atoms with Crippen molar-refractivity contribution in [2.75, 3.05) is 32.9 Å². The Labute approximate surface area is 142 Å². The van der Waals surface area contributed by atoms with E-state index in [1.54, 1.807) is 4.90 Å². The highest BCUT2D eigenvalue weighted by molar-refractivity contribution is 6.30. The summed E-state index contributed by atoms with van der Waals surface area (Å²) in [5.74, 6) is -0.911. The zero-order chi connectivity index (χ0) is 16.3. The number of rotatable bonds is 4. The number of alkyl halides is 4. The Bertz CT molecular complexity index is 519. The highest BCUT2D eigenvalue weighted by Crippen LogP contribution is 2.37. The minimum atomic E-state index is -4.63. The van der Waals surface area contributed by atoms with Crippen LogP contribution >= 0.6 is 24.0 Å². The summed E-state index contributed by atoms with van der Waals surface area (Å²) in [4.78, 5) is 1.78. The fourth-order valence-corrected chi connectivity index (χ4v) is 2.88. The largest absolute Gasteiger partial charge is 0.416 e. The van der Waals surface area contributed by atoms with Crippen LogP contribution in [0, 0.1) is 5.82 Å². The molecule has 9 heteroatoms. The maximum Gasteiger partial charge on any atom is 0.416 e. The van der Waals surface area contributed by atoms with E-state index >= 15 is 0 Å². The smallest absolute Gasteiger partial charge is 0.314 e. The SMILES string of the molecule is Cl.FCC[C@@H](c1cc(C(F)(F)F)cc(Cl)c1F)N1CCNCC1. The average molecular weight is 379 g/mol. The quantitative estimate of drug-likeness (QED) is 0.788. The number of piperazine rings is 1. The molecule has 23 heavy (non-hydrogen) atoms. The van der Waals surface area contributed by atoms with Crippen LogP contribution in [0.5, 0.6) is 0 Å². The van der Waals surface area contributed by atoms with E-state index in [0.29, 0.717) is 32.2 Å². The molecule has 0 unspecified atom stereocenters. The van der Waals surface area contributed by atoms with Gasteiger partial charge >= 0.3 is 6.18 Å². The number of nitrogens with one attached hydrogen (secondary N) is 1. The Morgan fingerprint density at radius 3 is 2.35 bits per heavy atom. The number of nitrogens with zero attached hydrogens (tertiary/aromatic N) is 1. The van der Waals surface area contributed by atoms with E-state index in [0.717, 1.165) is 6.07 Å². The minimum Gasteiger partial charge on any atom is -0.314 e. The molecule has 0 radical (unpaired) electrons. The van der Waals surface area contributed by atoms with Crippen LogP contribution in [-0.2, 0) is 6.18 Å². The third kappa shape index (κ3) is 4.92. The molecule has 1 aromatic rings. The molecule has 0 saturated carbocycles. The van der Waals surface area contributed by atoms with Crippen molar-refractivity contribution in [3.8, 4) is 0 Å². The molecule has 1 N–H and O–H groups in total. The Morgan fingerprint density at radius 1 is 1.22 bits per heavy atom. The first-order chi connectivity index (χ1) is 10.3. The van der Waals surface area contributed by atoms with E-state index in [-0.39, 0.29) is 24.4 Å². The molecule has 2 rings (SSSR count). The van der Waals surface area contributed by atoms with Gasteiger partial charge in [-0.25, -0.2) is 4.39 Å². The summed E-state index contributed by atoms with van der Waals surface area (Å²) < 4.78 is 65.7. The van der Waals surface area contributed by atoms with Crippen molar-refractivity contribution in [2.45, 2.75) is 18.6 Å². The molecule has 0 spiro atoms. The summed E-state index contributed by atoms with van der Waals surface area (Å²) in [5, 5.41) is 2.50. The maximum atomic E-state index is 14.2. The zero-order valence-corrected chi connectivity index (χ0v) is 13.7.